The molecule has 0 aromatic rings. The summed E-state index contributed by atoms with van der Waals surface area (Å²) in [5, 5.41) is 0. The number of ether oxygens (including phenoxy) is 5. The Bertz CT molecular complexity index is 1340. The second-order valence-electron chi connectivity index (χ2n) is 20.7. The van der Waals surface area contributed by atoms with Crippen molar-refractivity contribution in [1.82, 2.24) is 4.90 Å². The van der Waals surface area contributed by atoms with E-state index >= 15 is 0 Å². The topological polar surface area (TPSA) is 118 Å². The van der Waals surface area contributed by atoms with Crippen LogP contribution in [0.15, 0.2) is 48.6 Å². The van der Waals surface area contributed by atoms with Gasteiger partial charge < -0.3 is 28.6 Å². The van der Waals surface area contributed by atoms with Gasteiger partial charge in [-0.2, -0.15) is 0 Å². The number of unbranched alkanes of at least 4 members (excludes halogenated alkanes) is 25. The monoisotopic (exact) mass is 1030 g/mol. The normalized spacial score (nSPS) is 13.6. The zero-order valence-electron chi connectivity index (χ0n) is 47.4. The molecule has 10 nitrogen and oxygen atoms in total. The summed E-state index contributed by atoms with van der Waals surface area (Å²) in [6.45, 7) is 9.72. The predicted octanol–water partition coefficient (Wildman–Crippen LogP) is 17.7. The van der Waals surface area contributed by atoms with Gasteiger partial charge in [0, 0.05) is 25.8 Å². The highest BCUT2D eigenvalue weighted by Crippen LogP contribution is 2.18. The molecule has 0 N–H and O–H groups in total. The first-order valence-corrected chi connectivity index (χ1v) is 30.5. The molecule has 1 unspecified atom stereocenters. The van der Waals surface area contributed by atoms with Crippen molar-refractivity contribution in [1.29, 1.82) is 0 Å². The fourth-order valence-corrected chi connectivity index (χ4v) is 9.06. The largest absolute Gasteiger partial charge is 0.508 e. The maximum absolute atomic E-state index is 13.4. The Morgan fingerprint density at radius 2 is 0.808 bits per heavy atom. The van der Waals surface area contributed by atoms with Crippen molar-refractivity contribution in [3.8, 4) is 0 Å². The number of carbonyl (C=O) groups is 4. The first kappa shape index (κ1) is 67.6. The third-order valence-electron chi connectivity index (χ3n) is 13.7. The summed E-state index contributed by atoms with van der Waals surface area (Å²) in [7, 11) is 0. The molecule has 1 atom stereocenters. The lowest BCUT2D eigenvalue weighted by molar-refractivity contribution is -0.167. The number of esters is 3. The van der Waals surface area contributed by atoms with Gasteiger partial charge in [-0.25, -0.2) is 4.79 Å². The maximum atomic E-state index is 13.4. The van der Waals surface area contributed by atoms with Crippen LogP contribution < -0.4 is 0 Å². The van der Waals surface area contributed by atoms with E-state index in [9.17, 15) is 19.2 Å². The van der Waals surface area contributed by atoms with Crippen LogP contribution in [0, 0.1) is 0 Å². The van der Waals surface area contributed by atoms with E-state index in [2.05, 4.69) is 74.3 Å². The summed E-state index contributed by atoms with van der Waals surface area (Å²) >= 11 is 0. The quantitative estimate of drug-likeness (QED) is 0.0252. The molecule has 0 radical (unpaired) electrons. The summed E-state index contributed by atoms with van der Waals surface area (Å²) in [6, 6.07) is 0. The van der Waals surface area contributed by atoms with Gasteiger partial charge in [-0.05, 0) is 129 Å². The van der Waals surface area contributed by atoms with Crippen molar-refractivity contribution >= 4 is 24.1 Å². The van der Waals surface area contributed by atoms with E-state index in [1.54, 1.807) is 0 Å². The number of nitrogens with zero attached hydrogens (tertiary/aromatic N) is 1. The highest BCUT2D eigenvalue weighted by molar-refractivity contribution is 5.71. The van der Waals surface area contributed by atoms with Gasteiger partial charge in [-0.15, -0.1) is 0 Å². The zero-order valence-corrected chi connectivity index (χ0v) is 47.4. The SMILES string of the molecule is CCCCC/C=C\C/C=C\CCCCCCCC(=O)OCC(COC(=O)CCCCCCC/C=C\C/C=C\CCCCC)OC(=O)CCC(CCCCCCCCCCCC)OC(=O)OCCCN1CCCC1. The van der Waals surface area contributed by atoms with Crippen molar-refractivity contribution in [2.45, 2.75) is 290 Å². The third kappa shape index (κ3) is 48.0. The van der Waals surface area contributed by atoms with E-state index in [1.807, 2.05) is 0 Å². The molecule has 1 heterocycles. The molecule has 1 fully saturated rings. The van der Waals surface area contributed by atoms with Gasteiger partial charge in [0.2, 0.25) is 0 Å². The number of carbonyl (C=O) groups excluding carboxylic acids is 4. The van der Waals surface area contributed by atoms with Crippen molar-refractivity contribution in [3.63, 3.8) is 0 Å². The molecule has 73 heavy (non-hydrogen) atoms. The highest BCUT2D eigenvalue weighted by Gasteiger charge is 2.23. The van der Waals surface area contributed by atoms with Gasteiger partial charge >= 0.3 is 24.1 Å². The Labute approximate surface area is 448 Å². The third-order valence-corrected chi connectivity index (χ3v) is 13.7. The number of hydrogen-bond donors (Lipinski definition) is 0. The molecule has 0 saturated carbocycles. The zero-order chi connectivity index (χ0) is 52.8. The Kier molecular flexibility index (Phi) is 49.5. The minimum atomic E-state index is -0.934. The van der Waals surface area contributed by atoms with E-state index in [1.165, 1.54) is 109 Å². The first-order chi connectivity index (χ1) is 35.9. The van der Waals surface area contributed by atoms with Gasteiger partial charge in [0.05, 0.1) is 6.61 Å². The van der Waals surface area contributed by atoms with E-state index < -0.39 is 24.3 Å². The number of rotatable bonds is 52. The molecular formula is C63H111NO9. The summed E-state index contributed by atoms with van der Waals surface area (Å²) < 4.78 is 28.3. The molecule has 422 valence electrons. The molecule has 1 aliphatic rings. The molecule has 1 aliphatic heterocycles. The van der Waals surface area contributed by atoms with Crippen LogP contribution in [0.1, 0.15) is 278 Å². The fourth-order valence-electron chi connectivity index (χ4n) is 9.06. The summed E-state index contributed by atoms with van der Waals surface area (Å²) in [5.41, 5.74) is 0. The van der Waals surface area contributed by atoms with Crippen LogP contribution in [0.2, 0.25) is 0 Å². The van der Waals surface area contributed by atoms with Crippen molar-refractivity contribution in [2.75, 3.05) is 39.5 Å². The Balaban J connectivity index is 2.64. The number of hydrogen-bond acceptors (Lipinski definition) is 10. The Morgan fingerprint density at radius 3 is 1.29 bits per heavy atom. The Hall–Kier alpha value is -3.40. The van der Waals surface area contributed by atoms with Gasteiger partial charge in [0.25, 0.3) is 0 Å². The standard InChI is InChI=1S/C63H111NO9/c1-4-7-10-13-16-19-22-24-26-28-30-33-36-39-42-48-60(65)70-56-59(57-71-61(66)49-43-40-37-34-31-29-27-25-23-20-17-14-11-8-5-2)72-62(67)51-50-58(47-41-38-35-32-21-18-15-12-9-6-3)73-63(68)69-55-46-54-64-52-44-45-53-64/h16-17,19-20,24-27,58-59H,4-15,18,21-23,28-57H2,1-3H3/b19-16-,20-17-,26-24-,27-25-. The summed E-state index contributed by atoms with van der Waals surface area (Å²) in [4.78, 5) is 54.3. The fraction of sp³-hybridized carbons (Fsp3) is 0.810. The predicted molar refractivity (Wildman–Crippen MR) is 303 cm³/mol. The van der Waals surface area contributed by atoms with Crippen LogP contribution in [0.25, 0.3) is 0 Å². The van der Waals surface area contributed by atoms with Gasteiger partial charge in [-0.3, -0.25) is 14.4 Å². The van der Waals surface area contributed by atoms with Crippen LogP contribution >= 0.6 is 0 Å². The average Bonchev–Trinajstić information content (AvgIpc) is 3.92. The second-order valence-corrected chi connectivity index (χ2v) is 20.7. The van der Waals surface area contributed by atoms with Crippen LogP contribution in [-0.4, -0.2) is 80.6 Å². The highest BCUT2D eigenvalue weighted by atomic mass is 16.7. The van der Waals surface area contributed by atoms with E-state index in [0.717, 1.165) is 135 Å². The molecule has 1 rings (SSSR count). The van der Waals surface area contributed by atoms with Crippen LogP contribution in [0.3, 0.4) is 0 Å². The van der Waals surface area contributed by atoms with Crippen LogP contribution in [0.5, 0.6) is 0 Å². The van der Waals surface area contributed by atoms with Crippen LogP contribution in [0.4, 0.5) is 4.79 Å². The first-order valence-electron chi connectivity index (χ1n) is 30.5. The second kappa shape index (κ2) is 53.4. The lowest BCUT2D eigenvalue weighted by Gasteiger charge is -2.20. The molecule has 0 amide bonds. The lowest BCUT2D eigenvalue weighted by atomic mass is 10.0. The molecule has 0 bridgehead atoms. The van der Waals surface area contributed by atoms with Gasteiger partial charge in [-0.1, -0.05) is 191 Å². The maximum Gasteiger partial charge on any atom is 0.508 e. The average molecular weight is 1030 g/mol. The molecule has 0 aromatic carbocycles. The molecular weight excluding hydrogens is 915 g/mol. The van der Waals surface area contributed by atoms with Crippen molar-refractivity contribution in [2.24, 2.45) is 0 Å². The molecule has 10 heteroatoms. The number of allylic oxidation sites excluding steroid dienone is 8. The van der Waals surface area contributed by atoms with Crippen molar-refractivity contribution < 1.29 is 42.9 Å². The minimum absolute atomic E-state index is 0.000981. The Morgan fingerprint density at radius 1 is 0.397 bits per heavy atom. The van der Waals surface area contributed by atoms with Crippen molar-refractivity contribution in [3.05, 3.63) is 48.6 Å². The molecule has 1 saturated heterocycles. The van der Waals surface area contributed by atoms with Gasteiger partial charge in [0.15, 0.2) is 6.10 Å². The van der Waals surface area contributed by atoms with E-state index in [-0.39, 0.29) is 50.8 Å². The van der Waals surface area contributed by atoms with Gasteiger partial charge in [0.1, 0.15) is 19.3 Å². The van der Waals surface area contributed by atoms with Crippen LogP contribution in [-0.2, 0) is 38.1 Å². The minimum Gasteiger partial charge on any atom is -0.462 e. The summed E-state index contributed by atoms with van der Waals surface area (Å²) in [6.07, 6.45) is 56.8. The lowest BCUT2D eigenvalue weighted by Crippen LogP contribution is -2.31. The number of likely N-dealkylation sites (tertiary alicyclic amines) is 1. The summed E-state index contributed by atoms with van der Waals surface area (Å²) in [5.74, 6) is -1.23. The molecule has 0 spiro atoms. The smallest absolute Gasteiger partial charge is 0.462 e. The molecule has 0 aliphatic carbocycles. The van der Waals surface area contributed by atoms with E-state index in [0.29, 0.717) is 13.0 Å². The van der Waals surface area contributed by atoms with E-state index in [4.69, 9.17) is 23.7 Å². The molecule has 0 aromatic heterocycles.